The molecule has 2 aliphatic rings. The van der Waals surface area contributed by atoms with Crippen LogP contribution in [0.4, 0.5) is 0 Å². The molecular weight excluding hydrogens is 162 g/mol. The van der Waals surface area contributed by atoms with Crippen molar-refractivity contribution in [2.75, 3.05) is 6.54 Å². The number of hydrogen-bond acceptors (Lipinski definition) is 1. The lowest BCUT2D eigenvalue weighted by molar-refractivity contribution is -0.118. The standard InChI is InChI=1S/C11H17NO/c13-11-10(6-3-7-12-11)8-9-4-1-2-5-9/h8-9H,1-7H2,(H,12,13)/b10-8-. The summed E-state index contributed by atoms with van der Waals surface area (Å²) in [6, 6.07) is 0. The zero-order valence-corrected chi connectivity index (χ0v) is 8.01. The molecule has 1 aliphatic carbocycles. The first-order chi connectivity index (χ1) is 6.36. The maximum Gasteiger partial charge on any atom is 0.246 e. The second-order valence-electron chi connectivity index (χ2n) is 4.10. The van der Waals surface area contributed by atoms with Crippen molar-refractivity contribution in [2.45, 2.75) is 38.5 Å². The third-order valence-corrected chi connectivity index (χ3v) is 3.04. The van der Waals surface area contributed by atoms with E-state index in [4.69, 9.17) is 0 Å². The van der Waals surface area contributed by atoms with Gasteiger partial charge in [-0.15, -0.1) is 0 Å². The van der Waals surface area contributed by atoms with Crippen LogP contribution in [0.3, 0.4) is 0 Å². The van der Waals surface area contributed by atoms with E-state index in [9.17, 15) is 4.79 Å². The van der Waals surface area contributed by atoms with E-state index in [1.165, 1.54) is 25.7 Å². The Balaban J connectivity index is 1.99. The van der Waals surface area contributed by atoms with Crippen molar-refractivity contribution >= 4 is 5.91 Å². The molecular formula is C11H17NO. The van der Waals surface area contributed by atoms with E-state index in [1.807, 2.05) is 0 Å². The molecule has 2 rings (SSSR count). The number of nitrogens with one attached hydrogen (secondary N) is 1. The molecule has 72 valence electrons. The van der Waals surface area contributed by atoms with Crippen LogP contribution >= 0.6 is 0 Å². The molecule has 1 amide bonds. The van der Waals surface area contributed by atoms with Crippen LogP contribution in [0.15, 0.2) is 11.6 Å². The van der Waals surface area contributed by atoms with Crippen molar-refractivity contribution in [1.82, 2.24) is 5.32 Å². The number of carbonyl (C=O) groups is 1. The number of piperidine rings is 1. The third-order valence-electron chi connectivity index (χ3n) is 3.04. The predicted molar refractivity (Wildman–Crippen MR) is 52.3 cm³/mol. The van der Waals surface area contributed by atoms with E-state index in [0.717, 1.165) is 25.0 Å². The zero-order valence-electron chi connectivity index (χ0n) is 8.01. The first kappa shape index (κ1) is 8.79. The highest BCUT2D eigenvalue weighted by Crippen LogP contribution is 2.28. The Labute approximate surface area is 79.4 Å². The average Bonchev–Trinajstić information content (AvgIpc) is 2.61. The first-order valence-corrected chi connectivity index (χ1v) is 5.35. The van der Waals surface area contributed by atoms with Crippen LogP contribution in [0.2, 0.25) is 0 Å². The molecule has 2 nitrogen and oxygen atoms in total. The molecule has 1 saturated heterocycles. The molecule has 1 heterocycles. The SMILES string of the molecule is O=C1NCCC/C1=C/C1CCCC1. The van der Waals surface area contributed by atoms with E-state index in [0.29, 0.717) is 5.92 Å². The lowest BCUT2D eigenvalue weighted by Crippen LogP contribution is -2.31. The maximum absolute atomic E-state index is 11.4. The van der Waals surface area contributed by atoms with Gasteiger partial charge in [0.15, 0.2) is 0 Å². The summed E-state index contributed by atoms with van der Waals surface area (Å²) < 4.78 is 0. The quantitative estimate of drug-likeness (QED) is 0.613. The fraction of sp³-hybridized carbons (Fsp3) is 0.727. The minimum Gasteiger partial charge on any atom is -0.352 e. The smallest absolute Gasteiger partial charge is 0.246 e. The number of hydrogen-bond donors (Lipinski definition) is 1. The van der Waals surface area contributed by atoms with Gasteiger partial charge in [-0.2, -0.15) is 0 Å². The molecule has 0 aromatic rings. The Kier molecular flexibility index (Phi) is 2.67. The molecule has 0 aromatic carbocycles. The van der Waals surface area contributed by atoms with Gasteiger partial charge in [0.1, 0.15) is 0 Å². The lowest BCUT2D eigenvalue weighted by atomic mass is 9.98. The normalized spacial score (nSPS) is 28.0. The summed E-state index contributed by atoms with van der Waals surface area (Å²) in [6.07, 6.45) is 9.59. The van der Waals surface area contributed by atoms with E-state index in [-0.39, 0.29) is 5.91 Å². The Morgan fingerprint density at radius 3 is 2.69 bits per heavy atom. The van der Waals surface area contributed by atoms with Crippen molar-refractivity contribution in [1.29, 1.82) is 0 Å². The fourth-order valence-electron chi connectivity index (χ4n) is 2.28. The van der Waals surface area contributed by atoms with Crippen LogP contribution in [0, 0.1) is 5.92 Å². The van der Waals surface area contributed by atoms with Gasteiger partial charge in [-0.05, 0) is 31.6 Å². The first-order valence-electron chi connectivity index (χ1n) is 5.35. The van der Waals surface area contributed by atoms with Crippen LogP contribution in [0.25, 0.3) is 0 Å². The third kappa shape index (κ3) is 2.11. The van der Waals surface area contributed by atoms with Crippen LogP contribution in [0.1, 0.15) is 38.5 Å². The van der Waals surface area contributed by atoms with Crippen molar-refractivity contribution in [3.63, 3.8) is 0 Å². The summed E-state index contributed by atoms with van der Waals surface area (Å²) in [7, 11) is 0. The minimum atomic E-state index is 0.179. The summed E-state index contributed by atoms with van der Waals surface area (Å²) >= 11 is 0. The molecule has 13 heavy (non-hydrogen) atoms. The molecule has 0 unspecified atom stereocenters. The zero-order chi connectivity index (χ0) is 9.10. The Hall–Kier alpha value is -0.790. The predicted octanol–water partition coefficient (Wildman–Crippen LogP) is 2.01. The molecule has 0 atom stereocenters. The molecule has 1 N–H and O–H groups in total. The van der Waals surface area contributed by atoms with Gasteiger partial charge in [-0.25, -0.2) is 0 Å². The Bertz CT molecular complexity index is 226. The van der Waals surface area contributed by atoms with Crippen LogP contribution in [-0.4, -0.2) is 12.5 Å². The molecule has 2 heteroatoms. The van der Waals surface area contributed by atoms with E-state index < -0.39 is 0 Å². The number of allylic oxidation sites excluding steroid dienone is 1. The molecule has 0 aromatic heterocycles. The van der Waals surface area contributed by atoms with Gasteiger partial charge in [0.25, 0.3) is 0 Å². The van der Waals surface area contributed by atoms with Gasteiger partial charge in [-0.3, -0.25) is 4.79 Å². The molecule has 1 aliphatic heterocycles. The number of amides is 1. The Morgan fingerprint density at radius 2 is 2.00 bits per heavy atom. The van der Waals surface area contributed by atoms with Crippen LogP contribution in [0.5, 0.6) is 0 Å². The highest BCUT2D eigenvalue weighted by atomic mass is 16.1. The van der Waals surface area contributed by atoms with Gasteiger partial charge >= 0.3 is 0 Å². The summed E-state index contributed by atoms with van der Waals surface area (Å²) in [5.41, 5.74) is 1.04. The Morgan fingerprint density at radius 1 is 1.23 bits per heavy atom. The van der Waals surface area contributed by atoms with Crippen LogP contribution < -0.4 is 5.32 Å². The highest BCUT2D eigenvalue weighted by molar-refractivity contribution is 5.94. The maximum atomic E-state index is 11.4. The lowest BCUT2D eigenvalue weighted by Gasteiger charge is -2.16. The summed E-state index contributed by atoms with van der Waals surface area (Å²) in [5.74, 6) is 0.872. The monoisotopic (exact) mass is 179 g/mol. The van der Waals surface area contributed by atoms with Crippen molar-refractivity contribution < 1.29 is 4.79 Å². The minimum absolute atomic E-state index is 0.179. The fourth-order valence-corrected chi connectivity index (χ4v) is 2.28. The van der Waals surface area contributed by atoms with E-state index in [1.54, 1.807) is 0 Å². The second-order valence-corrected chi connectivity index (χ2v) is 4.10. The molecule has 0 bridgehead atoms. The van der Waals surface area contributed by atoms with Crippen LogP contribution in [-0.2, 0) is 4.79 Å². The van der Waals surface area contributed by atoms with E-state index in [2.05, 4.69) is 11.4 Å². The van der Waals surface area contributed by atoms with Gasteiger partial charge in [0.2, 0.25) is 5.91 Å². The average molecular weight is 179 g/mol. The topological polar surface area (TPSA) is 29.1 Å². The van der Waals surface area contributed by atoms with Gasteiger partial charge < -0.3 is 5.32 Å². The molecule has 0 spiro atoms. The largest absolute Gasteiger partial charge is 0.352 e. The van der Waals surface area contributed by atoms with Crippen molar-refractivity contribution in [3.05, 3.63) is 11.6 Å². The van der Waals surface area contributed by atoms with Gasteiger partial charge in [0.05, 0.1) is 0 Å². The van der Waals surface area contributed by atoms with Gasteiger partial charge in [-0.1, -0.05) is 18.9 Å². The summed E-state index contributed by atoms with van der Waals surface area (Å²) in [4.78, 5) is 11.4. The molecule has 0 radical (unpaired) electrons. The summed E-state index contributed by atoms with van der Waals surface area (Å²) in [5, 5.41) is 2.90. The second kappa shape index (κ2) is 3.95. The van der Waals surface area contributed by atoms with E-state index >= 15 is 0 Å². The number of rotatable bonds is 1. The van der Waals surface area contributed by atoms with Crippen molar-refractivity contribution in [2.24, 2.45) is 5.92 Å². The molecule has 2 fully saturated rings. The summed E-state index contributed by atoms with van der Waals surface area (Å²) in [6.45, 7) is 0.862. The highest BCUT2D eigenvalue weighted by Gasteiger charge is 2.18. The van der Waals surface area contributed by atoms with Crippen molar-refractivity contribution in [3.8, 4) is 0 Å². The molecule has 1 saturated carbocycles. The van der Waals surface area contributed by atoms with Gasteiger partial charge in [0, 0.05) is 12.1 Å². The number of carbonyl (C=O) groups excluding carboxylic acids is 1.